The molecule has 1 rings (SSSR count). The SMILES string of the molecule is COCCNC/C=C/C1CCC(C(C)(C)C)CC1. The summed E-state index contributed by atoms with van der Waals surface area (Å²) < 4.78 is 5.00. The Hall–Kier alpha value is -0.340. The van der Waals surface area contributed by atoms with Gasteiger partial charge in [-0.2, -0.15) is 0 Å². The van der Waals surface area contributed by atoms with Crippen molar-refractivity contribution in [1.82, 2.24) is 5.32 Å². The number of nitrogens with one attached hydrogen (secondary N) is 1. The lowest BCUT2D eigenvalue weighted by Gasteiger charge is -2.36. The summed E-state index contributed by atoms with van der Waals surface area (Å²) in [5.74, 6) is 1.73. The first-order valence-corrected chi connectivity index (χ1v) is 7.40. The molecule has 0 saturated heterocycles. The molecule has 1 N–H and O–H groups in total. The summed E-state index contributed by atoms with van der Waals surface area (Å²) in [6.07, 6.45) is 10.2. The summed E-state index contributed by atoms with van der Waals surface area (Å²) in [7, 11) is 1.74. The first-order valence-electron chi connectivity index (χ1n) is 7.40. The highest BCUT2D eigenvalue weighted by Gasteiger charge is 2.28. The van der Waals surface area contributed by atoms with Gasteiger partial charge in [-0.15, -0.1) is 0 Å². The molecule has 1 fully saturated rings. The fourth-order valence-electron chi connectivity index (χ4n) is 2.80. The van der Waals surface area contributed by atoms with Crippen LogP contribution in [0.5, 0.6) is 0 Å². The van der Waals surface area contributed by atoms with Crippen LogP contribution in [0.4, 0.5) is 0 Å². The molecular weight excluding hydrogens is 222 g/mol. The molecule has 1 aliphatic rings. The first-order chi connectivity index (χ1) is 8.54. The van der Waals surface area contributed by atoms with Crippen molar-refractivity contribution in [2.45, 2.75) is 46.5 Å². The predicted molar refractivity (Wildman–Crippen MR) is 78.8 cm³/mol. The maximum atomic E-state index is 5.00. The van der Waals surface area contributed by atoms with Crippen molar-refractivity contribution in [2.24, 2.45) is 17.3 Å². The Kier molecular flexibility index (Phi) is 6.95. The van der Waals surface area contributed by atoms with E-state index in [0.717, 1.165) is 31.5 Å². The number of methoxy groups -OCH3 is 1. The van der Waals surface area contributed by atoms with Gasteiger partial charge in [-0.25, -0.2) is 0 Å². The van der Waals surface area contributed by atoms with Crippen LogP contribution in [0.3, 0.4) is 0 Å². The molecule has 0 radical (unpaired) electrons. The molecule has 0 unspecified atom stereocenters. The molecule has 0 aliphatic heterocycles. The maximum Gasteiger partial charge on any atom is 0.0587 e. The van der Waals surface area contributed by atoms with Crippen LogP contribution >= 0.6 is 0 Å². The van der Waals surface area contributed by atoms with Gasteiger partial charge in [0.1, 0.15) is 0 Å². The van der Waals surface area contributed by atoms with E-state index in [0.29, 0.717) is 5.41 Å². The molecule has 0 spiro atoms. The lowest BCUT2D eigenvalue weighted by Crippen LogP contribution is -2.25. The zero-order valence-corrected chi connectivity index (χ0v) is 12.7. The second-order valence-corrected chi connectivity index (χ2v) is 6.60. The molecule has 0 aromatic heterocycles. The molecule has 1 saturated carbocycles. The van der Waals surface area contributed by atoms with Gasteiger partial charge in [0.05, 0.1) is 6.61 Å². The number of allylic oxidation sites excluding steroid dienone is 1. The van der Waals surface area contributed by atoms with E-state index in [1.54, 1.807) is 7.11 Å². The van der Waals surface area contributed by atoms with Gasteiger partial charge in [-0.3, -0.25) is 0 Å². The Balaban J connectivity index is 2.13. The zero-order valence-electron chi connectivity index (χ0n) is 12.7. The topological polar surface area (TPSA) is 21.3 Å². The van der Waals surface area contributed by atoms with Gasteiger partial charge in [0.15, 0.2) is 0 Å². The van der Waals surface area contributed by atoms with Crippen molar-refractivity contribution in [2.75, 3.05) is 26.8 Å². The molecular formula is C16H31NO. The van der Waals surface area contributed by atoms with Gasteiger partial charge < -0.3 is 10.1 Å². The second-order valence-electron chi connectivity index (χ2n) is 6.60. The number of hydrogen-bond acceptors (Lipinski definition) is 2. The van der Waals surface area contributed by atoms with E-state index in [-0.39, 0.29) is 0 Å². The monoisotopic (exact) mass is 253 g/mol. The van der Waals surface area contributed by atoms with Gasteiger partial charge in [-0.05, 0) is 42.9 Å². The van der Waals surface area contributed by atoms with E-state index in [1.807, 2.05) is 0 Å². The lowest BCUT2D eigenvalue weighted by molar-refractivity contribution is 0.163. The minimum Gasteiger partial charge on any atom is -0.383 e. The summed E-state index contributed by atoms with van der Waals surface area (Å²) in [4.78, 5) is 0. The van der Waals surface area contributed by atoms with E-state index in [1.165, 1.54) is 25.7 Å². The first kappa shape index (κ1) is 15.7. The van der Waals surface area contributed by atoms with Crippen LogP contribution < -0.4 is 5.32 Å². The lowest BCUT2D eigenvalue weighted by atomic mass is 9.70. The van der Waals surface area contributed by atoms with Crippen LogP contribution in [0.25, 0.3) is 0 Å². The molecule has 106 valence electrons. The summed E-state index contributed by atoms with van der Waals surface area (Å²) in [6.45, 7) is 9.86. The second kappa shape index (κ2) is 7.96. The zero-order chi connectivity index (χ0) is 13.4. The maximum absolute atomic E-state index is 5.00. The van der Waals surface area contributed by atoms with Crippen LogP contribution in [0.15, 0.2) is 12.2 Å². The van der Waals surface area contributed by atoms with Crippen LogP contribution in [0, 0.1) is 17.3 Å². The minimum absolute atomic E-state index is 0.496. The van der Waals surface area contributed by atoms with Gasteiger partial charge in [-0.1, -0.05) is 32.9 Å². The van der Waals surface area contributed by atoms with E-state index < -0.39 is 0 Å². The molecule has 1 aliphatic carbocycles. The number of rotatable bonds is 6. The van der Waals surface area contributed by atoms with Crippen molar-refractivity contribution >= 4 is 0 Å². The van der Waals surface area contributed by atoms with Crippen molar-refractivity contribution in [3.8, 4) is 0 Å². The molecule has 0 heterocycles. The molecule has 0 aromatic carbocycles. The molecule has 2 nitrogen and oxygen atoms in total. The third-order valence-corrected chi connectivity index (χ3v) is 4.15. The molecule has 0 amide bonds. The summed E-state index contributed by atoms with van der Waals surface area (Å²) in [5, 5.41) is 3.35. The fourth-order valence-corrected chi connectivity index (χ4v) is 2.80. The average Bonchev–Trinajstić information content (AvgIpc) is 2.33. The van der Waals surface area contributed by atoms with Crippen LogP contribution in [0.1, 0.15) is 46.5 Å². The highest BCUT2D eigenvalue weighted by Crippen LogP contribution is 2.39. The van der Waals surface area contributed by atoms with E-state index in [9.17, 15) is 0 Å². The van der Waals surface area contributed by atoms with Crippen molar-refractivity contribution in [3.63, 3.8) is 0 Å². The van der Waals surface area contributed by atoms with Crippen LogP contribution in [0.2, 0.25) is 0 Å². The summed E-state index contributed by atoms with van der Waals surface area (Å²) in [6, 6.07) is 0. The van der Waals surface area contributed by atoms with Crippen molar-refractivity contribution < 1.29 is 4.74 Å². The standard InChI is InChI=1S/C16H31NO/c1-16(2,3)15-9-7-14(8-10-15)6-5-11-17-12-13-18-4/h5-6,14-15,17H,7-13H2,1-4H3/b6-5+. The smallest absolute Gasteiger partial charge is 0.0587 e. The summed E-state index contributed by atoms with van der Waals surface area (Å²) in [5.41, 5.74) is 0.496. The average molecular weight is 253 g/mol. The van der Waals surface area contributed by atoms with Crippen LogP contribution in [-0.2, 0) is 4.74 Å². The molecule has 18 heavy (non-hydrogen) atoms. The molecule has 0 aromatic rings. The number of ether oxygens (including phenoxy) is 1. The molecule has 0 atom stereocenters. The van der Waals surface area contributed by atoms with E-state index >= 15 is 0 Å². The highest BCUT2D eigenvalue weighted by molar-refractivity contribution is 4.93. The number of hydrogen-bond donors (Lipinski definition) is 1. The van der Waals surface area contributed by atoms with Crippen molar-refractivity contribution in [3.05, 3.63) is 12.2 Å². The Morgan fingerprint density at radius 1 is 1.17 bits per heavy atom. The fraction of sp³-hybridized carbons (Fsp3) is 0.875. The molecule has 0 bridgehead atoms. The largest absolute Gasteiger partial charge is 0.383 e. The van der Waals surface area contributed by atoms with Gasteiger partial charge >= 0.3 is 0 Å². The summed E-state index contributed by atoms with van der Waals surface area (Å²) >= 11 is 0. The third-order valence-electron chi connectivity index (χ3n) is 4.15. The van der Waals surface area contributed by atoms with Crippen molar-refractivity contribution in [1.29, 1.82) is 0 Å². The van der Waals surface area contributed by atoms with E-state index in [2.05, 4.69) is 38.2 Å². The van der Waals surface area contributed by atoms with Gasteiger partial charge in [0, 0.05) is 20.2 Å². The predicted octanol–water partition coefficient (Wildman–Crippen LogP) is 3.63. The molecule has 2 heteroatoms. The van der Waals surface area contributed by atoms with Gasteiger partial charge in [0.25, 0.3) is 0 Å². The Bertz CT molecular complexity index is 234. The Labute approximate surface area is 113 Å². The normalized spacial score (nSPS) is 25.8. The Morgan fingerprint density at radius 3 is 2.39 bits per heavy atom. The third kappa shape index (κ3) is 6.01. The quantitative estimate of drug-likeness (QED) is 0.576. The van der Waals surface area contributed by atoms with E-state index in [4.69, 9.17) is 4.74 Å². The van der Waals surface area contributed by atoms with Gasteiger partial charge in [0.2, 0.25) is 0 Å². The minimum atomic E-state index is 0.496. The highest BCUT2D eigenvalue weighted by atomic mass is 16.5. The van der Waals surface area contributed by atoms with Crippen LogP contribution in [-0.4, -0.2) is 26.8 Å². The Morgan fingerprint density at radius 2 is 1.83 bits per heavy atom.